The Bertz CT molecular complexity index is 745. The van der Waals surface area contributed by atoms with Crippen molar-refractivity contribution in [3.05, 3.63) is 48.0 Å². The van der Waals surface area contributed by atoms with Gasteiger partial charge in [-0.25, -0.2) is 4.79 Å². The molecule has 6 heteroatoms. The number of ether oxygens (including phenoxy) is 2. The Labute approximate surface area is 161 Å². The number of hydrogen-bond donors (Lipinski definition) is 2. The number of hydrogen-bond acceptors (Lipinski definition) is 4. The molecule has 0 aliphatic heterocycles. The van der Waals surface area contributed by atoms with E-state index in [4.69, 9.17) is 9.47 Å². The summed E-state index contributed by atoms with van der Waals surface area (Å²) >= 11 is 0. The summed E-state index contributed by atoms with van der Waals surface area (Å²) in [6, 6.07) is 13.2. The van der Waals surface area contributed by atoms with Gasteiger partial charge in [-0.2, -0.15) is 0 Å². The van der Waals surface area contributed by atoms with Crippen LogP contribution in [0.15, 0.2) is 42.5 Å². The van der Waals surface area contributed by atoms with Crippen molar-refractivity contribution in [3.63, 3.8) is 0 Å². The Balaban J connectivity index is 1.82. The van der Waals surface area contributed by atoms with Gasteiger partial charge in [-0.15, -0.1) is 0 Å². The first-order valence-corrected chi connectivity index (χ1v) is 9.25. The summed E-state index contributed by atoms with van der Waals surface area (Å²) in [5.74, 6) is 1.33. The maximum atomic E-state index is 12.1. The minimum absolute atomic E-state index is 0.252. The molecule has 146 valence electrons. The summed E-state index contributed by atoms with van der Waals surface area (Å²) in [5, 5.41) is 5.68. The molecule has 0 unspecified atom stereocenters. The summed E-state index contributed by atoms with van der Waals surface area (Å²) in [6.07, 6.45) is 0. The van der Waals surface area contributed by atoms with Crippen LogP contribution in [0, 0.1) is 6.92 Å². The van der Waals surface area contributed by atoms with Crippen LogP contribution in [0.3, 0.4) is 0 Å². The lowest BCUT2D eigenvalue weighted by molar-refractivity contribution is 0.246. The van der Waals surface area contributed by atoms with Crippen molar-refractivity contribution in [1.82, 2.24) is 5.32 Å². The lowest BCUT2D eigenvalue weighted by Gasteiger charge is -2.22. The average molecular weight is 371 g/mol. The Morgan fingerprint density at radius 2 is 1.78 bits per heavy atom. The SMILES string of the molecule is CCN(CC)c1ccc(NC(=O)NCCOc2ccccc2OC)c(C)c1. The lowest BCUT2D eigenvalue weighted by Crippen LogP contribution is -2.32. The van der Waals surface area contributed by atoms with Crippen LogP contribution in [0.4, 0.5) is 16.2 Å². The zero-order valence-electron chi connectivity index (χ0n) is 16.5. The van der Waals surface area contributed by atoms with E-state index in [-0.39, 0.29) is 6.03 Å². The number of anilines is 2. The molecule has 6 nitrogen and oxygen atoms in total. The van der Waals surface area contributed by atoms with Gasteiger partial charge in [-0.3, -0.25) is 0 Å². The minimum atomic E-state index is -0.252. The highest BCUT2D eigenvalue weighted by molar-refractivity contribution is 5.90. The van der Waals surface area contributed by atoms with Crippen molar-refractivity contribution in [3.8, 4) is 11.5 Å². The molecule has 0 radical (unpaired) electrons. The Hall–Kier alpha value is -2.89. The molecule has 2 amide bonds. The first-order valence-electron chi connectivity index (χ1n) is 9.25. The molecule has 0 saturated heterocycles. The maximum absolute atomic E-state index is 12.1. The Morgan fingerprint density at radius 3 is 2.41 bits per heavy atom. The number of aryl methyl sites for hydroxylation is 1. The largest absolute Gasteiger partial charge is 0.493 e. The van der Waals surface area contributed by atoms with Crippen LogP contribution in [-0.2, 0) is 0 Å². The van der Waals surface area contributed by atoms with Crippen LogP contribution < -0.4 is 25.0 Å². The first kappa shape index (κ1) is 20.4. The summed E-state index contributed by atoms with van der Waals surface area (Å²) < 4.78 is 10.9. The molecule has 0 aromatic heterocycles. The highest BCUT2D eigenvalue weighted by Crippen LogP contribution is 2.25. The van der Waals surface area contributed by atoms with Gasteiger partial charge >= 0.3 is 6.03 Å². The second-order valence-corrected chi connectivity index (χ2v) is 6.05. The predicted octanol–water partition coefficient (Wildman–Crippen LogP) is 4.05. The number of benzene rings is 2. The highest BCUT2D eigenvalue weighted by atomic mass is 16.5. The number of rotatable bonds is 9. The monoisotopic (exact) mass is 371 g/mol. The molecule has 0 atom stereocenters. The summed E-state index contributed by atoms with van der Waals surface area (Å²) in [5.41, 5.74) is 2.99. The van der Waals surface area contributed by atoms with Gasteiger partial charge in [0, 0.05) is 24.5 Å². The van der Waals surface area contributed by atoms with Gasteiger partial charge in [0.1, 0.15) is 6.61 Å². The lowest BCUT2D eigenvalue weighted by atomic mass is 10.1. The van der Waals surface area contributed by atoms with Crippen LogP contribution in [0.25, 0.3) is 0 Å². The van der Waals surface area contributed by atoms with Crippen LogP contribution >= 0.6 is 0 Å². The number of urea groups is 1. The Kier molecular flexibility index (Phi) is 7.79. The van der Waals surface area contributed by atoms with Gasteiger partial charge in [0.2, 0.25) is 0 Å². The van der Waals surface area contributed by atoms with Crippen LogP contribution in [0.2, 0.25) is 0 Å². The van der Waals surface area contributed by atoms with Crippen LogP contribution in [-0.4, -0.2) is 39.4 Å². The number of methoxy groups -OCH3 is 1. The van der Waals surface area contributed by atoms with E-state index < -0.39 is 0 Å². The number of carbonyl (C=O) groups is 1. The molecule has 0 bridgehead atoms. The molecule has 2 aromatic rings. The third kappa shape index (κ3) is 5.81. The van der Waals surface area contributed by atoms with Crippen molar-refractivity contribution in [2.45, 2.75) is 20.8 Å². The smallest absolute Gasteiger partial charge is 0.319 e. The molecule has 0 heterocycles. The Morgan fingerprint density at radius 1 is 1.07 bits per heavy atom. The molecule has 0 aliphatic rings. The van der Waals surface area contributed by atoms with Gasteiger partial charge in [-0.1, -0.05) is 12.1 Å². The highest BCUT2D eigenvalue weighted by Gasteiger charge is 2.08. The van der Waals surface area contributed by atoms with E-state index in [9.17, 15) is 4.79 Å². The molecule has 0 aliphatic carbocycles. The van der Waals surface area contributed by atoms with E-state index in [0.29, 0.717) is 24.7 Å². The van der Waals surface area contributed by atoms with E-state index in [1.165, 1.54) is 0 Å². The van der Waals surface area contributed by atoms with Crippen molar-refractivity contribution in [2.24, 2.45) is 0 Å². The fourth-order valence-electron chi connectivity index (χ4n) is 2.80. The van der Waals surface area contributed by atoms with Gasteiger partial charge in [0.25, 0.3) is 0 Å². The van der Waals surface area contributed by atoms with Crippen LogP contribution in [0.5, 0.6) is 11.5 Å². The number of para-hydroxylation sites is 2. The van der Waals surface area contributed by atoms with Gasteiger partial charge < -0.3 is 25.0 Å². The normalized spacial score (nSPS) is 10.2. The molecular formula is C21H29N3O3. The molecule has 27 heavy (non-hydrogen) atoms. The third-order valence-electron chi connectivity index (χ3n) is 4.30. The number of nitrogens with zero attached hydrogens (tertiary/aromatic N) is 1. The first-order chi connectivity index (χ1) is 13.1. The van der Waals surface area contributed by atoms with E-state index in [2.05, 4.69) is 35.4 Å². The van der Waals surface area contributed by atoms with E-state index in [1.54, 1.807) is 7.11 Å². The fourth-order valence-corrected chi connectivity index (χ4v) is 2.80. The topological polar surface area (TPSA) is 62.8 Å². The average Bonchev–Trinajstić information content (AvgIpc) is 2.68. The molecule has 2 rings (SSSR count). The minimum Gasteiger partial charge on any atom is -0.493 e. The second-order valence-electron chi connectivity index (χ2n) is 6.05. The van der Waals surface area contributed by atoms with Crippen molar-refractivity contribution in [1.29, 1.82) is 0 Å². The molecule has 2 aromatic carbocycles. The second kappa shape index (κ2) is 10.3. The van der Waals surface area contributed by atoms with Gasteiger partial charge in [-0.05, 0) is 56.7 Å². The standard InChI is InChI=1S/C21H29N3O3/c1-5-24(6-2)17-11-12-18(16(3)15-17)23-21(25)22-13-14-27-20-10-8-7-9-19(20)26-4/h7-12,15H,5-6,13-14H2,1-4H3,(H2,22,23,25). The summed E-state index contributed by atoms with van der Waals surface area (Å²) in [4.78, 5) is 14.4. The third-order valence-corrected chi connectivity index (χ3v) is 4.30. The molecule has 0 fully saturated rings. The van der Waals surface area contributed by atoms with E-state index >= 15 is 0 Å². The molecular weight excluding hydrogens is 342 g/mol. The number of amides is 2. The van der Waals surface area contributed by atoms with E-state index in [1.807, 2.05) is 43.3 Å². The summed E-state index contributed by atoms with van der Waals surface area (Å²) in [7, 11) is 1.60. The molecule has 0 spiro atoms. The van der Waals surface area contributed by atoms with Crippen LogP contribution in [0.1, 0.15) is 19.4 Å². The van der Waals surface area contributed by atoms with Crippen molar-refractivity contribution in [2.75, 3.05) is 43.6 Å². The van der Waals surface area contributed by atoms with Crippen molar-refractivity contribution >= 4 is 17.4 Å². The van der Waals surface area contributed by atoms with Gasteiger partial charge in [0.15, 0.2) is 11.5 Å². The molecule has 0 saturated carbocycles. The quantitative estimate of drug-likeness (QED) is 0.653. The zero-order chi connectivity index (χ0) is 19.6. The molecule has 2 N–H and O–H groups in total. The van der Waals surface area contributed by atoms with E-state index in [0.717, 1.165) is 30.0 Å². The van der Waals surface area contributed by atoms with Crippen molar-refractivity contribution < 1.29 is 14.3 Å². The number of nitrogens with one attached hydrogen (secondary N) is 2. The maximum Gasteiger partial charge on any atom is 0.319 e. The zero-order valence-corrected chi connectivity index (χ0v) is 16.5. The predicted molar refractivity (Wildman–Crippen MR) is 110 cm³/mol. The summed E-state index contributed by atoms with van der Waals surface area (Å²) in [6.45, 7) is 8.91. The number of carbonyl (C=O) groups excluding carboxylic acids is 1. The van der Waals surface area contributed by atoms with Gasteiger partial charge in [0.05, 0.1) is 13.7 Å². The fraction of sp³-hybridized carbons (Fsp3) is 0.381.